The van der Waals surface area contributed by atoms with Crippen LogP contribution in [-0.2, 0) is 15.8 Å². The van der Waals surface area contributed by atoms with Crippen LogP contribution in [-0.4, -0.2) is 78.4 Å². The summed E-state index contributed by atoms with van der Waals surface area (Å²) < 4.78 is 38.6. The summed E-state index contributed by atoms with van der Waals surface area (Å²) >= 11 is 0. The van der Waals surface area contributed by atoms with Crippen LogP contribution >= 0.6 is 0 Å². The number of alkyl halides is 3. The van der Waals surface area contributed by atoms with E-state index >= 15 is 0 Å². The summed E-state index contributed by atoms with van der Waals surface area (Å²) in [4.78, 5) is 45.5. The molecule has 0 unspecified atom stereocenters. The van der Waals surface area contributed by atoms with Gasteiger partial charge in [0.15, 0.2) is 0 Å². The lowest BCUT2D eigenvalue weighted by atomic mass is 9.85. The zero-order valence-corrected chi connectivity index (χ0v) is 19.6. The van der Waals surface area contributed by atoms with Crippen molar-refractivity contribution in [2.45, 2.75) is 24.6 Å². The van der Waals surface area contributed by atoms with Crippen LogP contribution in [0, 0.1) is 0 Å². The molecule has 2 fully saturated rings. The Morgan fingerprint density at radius 2 is 1.57 bits per heavy atom. The number of piperidine rings is 1. The topological polar surface area (TPSA) is 64.2 Å². The third-order valence-electron chi connectivity index (χ3n) is 6.74. The molecule has 2 heterocycles. The van der Waals surface area contributed by atoms with Gasteiger partial charge in [0.1, 0.15) is 12.1 Å². The van der Waals surface area contributed by atoms with Crippen molar-refractivity contribution < 1.29 is 27.6 Å². The monoisotopic (exact) mass is 488 g/mol. The van der Waals surface area contributed by atoms with Gasteiger partial charge in [0.05, 0.1) is 12.2 Å². The second kappa shape index (κ2) is 9.24. The van der Waals surface area contributed by atoms with Crippen LogP contribution in [0.1, 0.15) is 28.8 Å². The first kappa shape index (κ1) is 24.6. The van der Waals surface area contributed by atoms with Gasteiger partial charge in [0.25, 0.3) is 11.8 Å². The third-order valence-corrected chi connectivity index (χ3v) is 6.74. The molecule has 3 amide bonds. The summed E-state index contributed by atoms with van der Waals surface area (Å²) in [5.41, 5.74) is -0.688. The summed E-state index contributed by atoms with van der Waals surface area (Å²) in [5, 5.41) is 0. The molecule has 2 aromatic carbocycles. The Bertz CT molecular complexity index is 1100. The van der Waals surface area contributed by atoms with E-state index in [1.165, 1.54) is 17.0 Å². The normalized spacial score (nSPS) is 17.7. The fraction of sp³-hybridized carbons (Fsp3) is 0.400. The van der Waals surface area contributed by atoms with Crippen molar-refractivity contribution in [3.05, 3.63) is 65.7 Å². The van der Waals surface area contributed by atoms with E-state index < -0.39 is 17.3 Å². The summed E-state index contributed by atoms with van der Waals surface area (Å²) in [5.74, 6) is -0.707. The highest BCUT2D eigenvalue weighted by atomic mass is 19.4. The predicted molar refractivity (Wildman–Crippen MR) is 124 cm³/mol. The van der Waals surface area contributed by atoms with Crippen LogP contribution in [0.2, 0.25) is 0 Å². The number of hydrogen-bond donors (Lipinski definition) is 0. The highest BCUT2D eigenvalue weighted by Gasteiger charge is 2.54. The zero-order chi connectivity index (χ0) is 25.4. The molecule has 0 radical (unpaired) electrons. The number of anilines is 1. The van der Waals surface area contributed by atoms with Crippen LogP contribution in [0.5, 0.6) is 0 Å². The van der Waals surface area contributed by atoms with Crippen molar-refractivity contribution in [2.75, 3.05) is 45.3 Å². The molecule has 0 atom stereocenters. The van der Waals surface area contributed by atoms with Crippen molar-refractivity contribution in [3.63, 3.8) is 0 Å². The first-order valence-electron chi connectivity index (χ1n) is 11.3. The maximum atomic E-state index is 13.6. The zero-order valence-electron chi connectivity index (χ0n) is 19.6. The van der Waals surface area contributed by atoms with Crippen LogP contribution in [0.15, 0.2) is 54.6 Å². The van der Waals surface area contributed by atoms with E-state index in [2.05, 4.69) is 0 Å². The van der Waals surface area contributed by atoms with Gasteiger partial charge in [-0.1, -0.05) is 18.2 Å². The SMILES string of the molecule is CN(C)C(=O)CN1CN(c2ccccc2)C2(CCN(C(=O)c3ccc(C(F)(F)F)cc3)CC2)C1=O. The number of para-hydroxylation sites is 1. The summed E-state index contributed by atoms with van der Waals surface area (Å²) in [6.45, 7) is 0.759. The number of halogens is 3. The first-order valence-corrected chi connectivity index (χ1v) is 11.3. The number of benzene rings is 2. The number of carbonyl (C=O) groups is 3. The molecule has 2 aromatic rings. The lowest BCUT2D eigenvalue weighted by Crippen LogP contribution is -2.57. The number of rotatable bonds is 4. The highest BCUT2D eigenvalue weighted by Crippen LogP contribution is 2.39. The molecule has 4 rings (SSSR count). The number of amides is 3. The average Bonchev–Trinajstić information content (AvgIpc) is 3.10. The van der Waals surface area contributed by atoms with Gasteiger partial charge in [-0.15, -0.1) is 0 Å². The molecule has 2 aliphatic heterocycles. The van der Waals surface area contributed by atoms with Gasteiger partial charge in [0, 0.05) is 38.4 Å². The molecule has 0 saturated carbocycles. The van der Waals surface area contributed by atoms with Crippen molar-refractivity contribution in [2.24, 2.45) is 0 Å². The maximum Gasteiger partial charge on any atom is 0.416 e. The molecule has 2 aliphatic rings. The minimum atomic E-state index is -4.47. The third kappa shape index (κ3) is 4.69. The molecule has 0 aromatic heterocycles. The Kier molecular flexibility index (Phi) is 6.48. The summed E-state index contributed by atoms with van der Waals surface area (Å²) in [6, 6.07) is 13.6. The van der Waals surface area contributed by atoms with Crippen molar-refractivity contribution in [3.8, 4) is 0 Å². The molecule has 10 heteroatoms. The Hall–Kier alpha value is -3.56. The van der Waals surface area contributed by atoms with E-state index in [0.29, 0.717) is 12.8 Å². The number of carbonyl (C=O) groups excluding carboxylic acids is 3. The fourth-order valence-corrected chi connectivity index (χ4v) is 4.69. The summed E-state index contributed by atoms with van der Waals surface area (Å²) in [6.07, 6.45) is -3.78. The van der Waals surface area contributed by atoms with Crippen molar-refractivity contribution in [1.29, 1.82) is 0 Å². The van der Waals surface area contributed by atoms with Gasteiger partial charge in [-0.05, 0) is 49.2 Å². The Balaban J connectivity index is 1.53. The Morgan fingerprint density at radius 1 is 0.971 bits per heavy atom. The quantitative estimate of drug-likeness (QED) is 0.664. The second-order valence-corrected chi connectivity index (χ2v) is 9.10. The van der Waals surface area contributed by atoms with E-state index in [1.807, 2.05) is 35.2 Å². The van der Waals surface area contributed by atoms with E-state index in [0.717, 1.165) is 17.8 Å². The van der Waals surface area contributed by atoms with E-state index in [-0.39, 0.29) is 49.6 Å². The number of hydrogen-bond acceptors (Lipinski definition) is 4. The van der Waals surface area contributed by atoms with Gasteiger partial charge in [-0.25, -0.2) is 0 Å². The minimum Gasteiger partial charge on any atom is -0.347 e. The Morgan fingerprint density at radius 3 is 2.11 bits per heavy atom. The lowest BCUT2D eigenvalue weighted by molar-refractivity contribution is -0.139. The molecule has 0 N–H and O–H groups in total. The molecule has 0 bridgehead atoms. The van der Waals surface area contributed by atoms with Gasteiger partial charge >= 0.3 is 6.18 Å². The maximum absolute atomic E-state index is 13.6. The van der Waals surface area contributed by atoms with Crippen molar-refractivity contribution in [1.82, 2.24) is 14.7 Å². The number of nitrogens with zero attached hydrogens (tertiary/aromatic N) is 4. The van der Waals surface area contributed by atoms with E-state index in [4.69, 9.17) is 0 Å². The number of likely N-dealkylation sites (N-methyl/N-ethyl adjacent to an activating group) is 1. The Labute approximate surface area is 201 Å². The van der Waals surface area contributed by atoms with Crippen LogP contribution in [0.4, 0.5) is 18.9 Å². The second-order valence-electron chi connectivity index (χ2n) is 9.10. The first-order chi connectivity index (χ1) is 16.5. The van der Waals surface area contributed by atoms with E-state index in [1.54, 1.807) is 23.9 Å². The summed E-state index contributed by atoms with van der Waals surface area (Å²) in [7, 11) is 3.28. The van der Waals surface area contributed by atoms with Gasteiger partial charge < -0.3 is 19.6 Å². The average molecular weight is 489 g/mol. The van der Waals surface area contributed by atoms with Crippen LogP contribution in [0.3, 0.4) is 0 Å². The van der Waals surface area contributed by atoms with Gasteiger partial charge in [-0.3, -0.25) is 14.4 Å². The molecular formula is C25H27F3N4O3. The molecule has 7 nitrogen and oxygen atoms in total. The standard InChI is InChI=1S/C25H27F3N4O3/c1-29(2)21(33)16-31-17-32(20-6-4-3-5-7-20)24(23(31)35)12-14-30(15-13-24)22(34)18-8-10-19(11-9-18)25(26,27)28/h3-11H,12-17H2,1-2H3. The number of likely N-dealkylation sites (tertiary alicyclic amines) is 1. The van der Waals surface area contributed by atoms with Gasteiger partial charge in [-0.2, -0.15) is 13.2 Å². The van der Waals surface area contributed by atoms with Gasteiger partial charge in [0.2, 0.25) is 5.91 Å². The molecule has 1 spiro atoms. The largest absolute Gasteiger partial charge is 0.416 e. The van der Waals surface area contributed by atoms with Crippen LogP contribution in [0.25, 0.3) is 0 Å². The predicted octanol–water partition coefficient (Wildman–Crippen LogP) is 3.07. The molecule has 0 aliphatic carbocycles. The van der Waals surface area contributed by atoms with E-state index in [9.17, 15) is 27.6 Å². The molecule has 35 heavy (non-hydrogen) atoms. The smallest absolute Gasteiger partial charge is 0.347 e. The molecule has 186 valence electrons. The van der Waals surface area contributed by atoms with Crippen molar-refractivity contribution >= 4 is 23.4 Å². The molecular weight excluding hydrogens is 461 g/mol. The lowest BCUT2D eigenvalue weighted by Gasteiger charge is -2.43. The fourth-order valence-electron chi connectivity index (χ4n) is 4.69. The van der Waals surface area contributed by atoms with Crippen LogP contribution < -0.4 is 4.90 Å². The highest BCUT2D eigenvalue weighted by molar-refractivity contribution is 5.97. The minimum absolute atomic E-state index is 0.0366. The molecule has 2 saturated heterocycles.